The van der Waals surface area contributed by atoms with E-state index in [0.29, 0.717) is 18.8 Å². The number of allylic oxidation sites excluding steroid dienone is 4. The molecule has 0 aromatic carbocycles. The molecule has 0 saturated heterocycles. The summed E-state index contributed by atoms with van der Waals surface area (Å²) in [5.41, 5.74) is 0.456. The minimum atomic E-state index is -3.66. The second-order valence-electron chi connectivity index (χ2n) is 10.6. The fourth-order valence-electron chi connectivity index (χ4n) is 7.49. The molecular weight excluding hydrogens is 412 g/mol. The molecule has 4 aliphatic carbocycles. The van der Waals surface area contributed by atoms with Gasteiger partial charge in [-0.15, -0.1) is 0 Å². The smallest absolute Gasteiger partial charge is 0.267 e. The number of fused-ring (bicyclic) bond motifs is 5. The van der Waals surface area contributed by atoms with Crippen molar-refractivity contribution in [1.82, 2.24) is 0 Å². The lowest BCUT2D eigenvalue weighted by Gasteiger charge is -2.59. The molecule has 0 bridgehead atoms. The van der Waals surface area contributed by atoms with E-state index in [2.05, 4.69) is 13.8 Å². The molecule has 172 valence electrons. The van der Waals surface area contributed by atoms with E-state index < -0.39 is 21.6 Å². The van der Waals surface area contributed by atoms with Gasteiger partial charge in [0.05, 0.1) is 11.9 Å². The molecular formula is C25H36O5S. The summed E-state index contributed by atoms with van der Waals surface area (Å²) in [6.45, 7) is 7.92. The molecule has 0 aliphatic heterocycles. The lowest BCUT2D eigenvalue weighted by molar-refractivity contribution is -0.139. The molecule has 0 amide bonds. The highest BCUT2D eigenvalue weighted by Gasteiger charge is 2.64. The van der Waals surface area contributed by atoms with E-state index in [9.17, 15) is 18.0 Å². The topological polar surface area (TPSA) is 77.5 Å². The summed E-state index contributed by atoms with van der Waals surface area (Å²) in [6.07, 6.45) is 10.6. The van der Waals surface area contributed by atoms with E-state index in [4.69, 9.17) is 4.18 Å². The van der Waals surface area contributed by atoms with Gasteiger partial charge in [-0.05, 0) is 75.4 Å². The molecule has 3 fully saturated rings. The third-order valence-electron chi connectivity index (χ3n) is 9.13. The van der Waals surface area contributed by atoms with Crippen LogP contribution in [0.15, 0.2) is 23.8 Å². The van der Waals surface area contributed by atoms with Crippen LogP contribution in [0.1, 0.15) is 72.6 Å². The number of carbonyl (C=O) groups excluding carboxylic acids is 2. The summed E-state index contributed by atoms with van der Waals surface area (Å²) in [5.74, 6) is 0.942. The van der Waals surface area contributed by atoms with Crippen molar-refractivity contribution in [3.8, 4) is 0 Å². The van der Waals surface area contributed by atoms with Gasteiger partial charge in [0.25, 0.3) is 10.1 Å². The fourth-order valence-corrected chi connectivity index (χ4v) is 8.87. The molecule has 5 nitrogen and oxygen atoms in total. The molecule has 31 heavy (non-hydrogen) atoms. The second-order valence-corrected chi connectivity index (χ2v) is 12.4. The summed E-state index contributed by atoms with van der Waals surface area (Å²) in [6, 6.07) is 0. The number of hydrogen-bond acceptors (Lipinski definition) is 5. The average molecular weight is 449 g/mol. The van der Waals surface area contributed by atoms with Gasteiger partial charge < -0.3 is 0 Å². The zero-order valence-corrected chi connectivity index (χ0v) is 20.0. The first-order valence-corrected chi connectivity index (χ1v) is 13.5. The first-order valence-electron chi connectivity index (χ1n) is 11.9. The quantitative estimate of drug-likeness (QED) is 0.554. The van der Waals surface area contributed by atoms with Crippen LogP contribution in [0.25, 0.3) is 0 Å². The van der Waals surface area contributed by atoms with Crippen molar-refractivity contribution in [2.75, 3.05) is 5.75 Å². The Kier molecular flexibility index (Phi) is 5.87. The molecule has 4 aliphatic rings. The van der Waals surface area contributed by atoms with Crippen molar-refractivity contribution >= 4 is 21.7 Å². The second kappa shape index (κ2) is 7.95. The third-order valence-corrected chi connectivity index (χ3v) is 10.4. The van der Waals surface area contributed by atoms with Gasteiger partial charge in [0.1, 0.15) is 5.78 Å². The number of Topliss-reactive ketones (excluding diaryl/α,β-unsaturated/α-hetero) is 1. The van der Waals surface area contributed by atoms with Crippen molar-refractivity contribution in [2.24, 2.45) is 34.5 Å². The van der Waals surface area contributed by atoms with Crippen LogP contribution in [0.4, 0.5) is 0 Å². The molecule has 6 heteroatoms. The first-order chi connectivity index (χ1) is 14.5. The Hall–Kier alpha value is -1.27. The van der Waals surface area contributed by atoms with Crippen LogP contribution in [0.3, 0.4) is 0 Å². The van der Waals surface area contributed by atoms with Gasteiger partial charge >= 0.3 is 0 Å². The predicted molar refractivity (Wildman–Crippen MR) is 120 cm³/mol. The Morgan fingerprint density at radius 1 is 1.19 bits per heavy atom. The van der Waals surface area contributed by atoms with Gasteiger partial charge in [-0.3, -0.25) is 13.8 Å². The van der Waals surface area contributed by atoms with Crippen LogP contribution in [0.5, 0.6) is 0 Å². The minimum Gasteiger partial charge on any atom is -0.300 e. The van der Waals surface area contributed by atoms with Crippen LogP contribution >= 0.6 is 0 Å². The van der Waals surface area contributed by atoms with E-state index in [0.717, 1.165) is 32.1 Å². The van der Waals surface area contributed by atoms with Crippen LogP contribution in [0, 0.1) is 34.5 Å². The number of hydrogen-bond donors (Lipinski definition) is 0. The standard InChI is InChI=1S/C25H36O5S/c1-5-6-13-31(28,29)30-23-15-22-19(21-10-9-20(16(2)26)25(21,23)4)8-7-17-14-18(27)11-12-24(17,22)3/h11-12,14,19-23H,5-10,13,15H2,1-4H3/t19-,20+,21-,22-,23-,24-,25+/m0/s1. The minimum absolute atomic E-state index is 0.0242. The molecule has 0 radical (unpaired) electrons. The maximum absolute atomic E-state index is 12.9. The molecule has 0 heterocycles. The van der Waals surface area contributed by atoms with Crippen molar-refractivity contribution in [3.63, 3.8) is 0 Å². The fraction of sp³-hybridized carbons (Fsp3) is 0.760. The summed E-state index contributed by atoms with van der Waals surface area (Å²) in [5, 5.41) is 0. The van der Waals surface area contributed by atoms with Crippen LogP contribution < -0.4 is 0 Å². The Balaban J connectivity index is 1.74. The van der Waals surface area contributed by atoms with Gasteiger partial charge in [0, 0.05) is 16.7 Å². The number of carbonyl (C=O) groups is 2. The van der Waals surface area contributed by atoms with Gasteiger partial charge in [-0.2, -0.15) is 8.42 Å². The monoisotopic (exact) mass is 448 g/mol. The lowest BCUT2D eigenvalue weighted by Crippen LogP contribution is -2.57. The molecule has 0 aromatic heterocycles. The van der Waals surface area contributed by atoms with Crippen molar-refractivity contribution < 1.29 is 22.2 Å². The average Bonchev–Trinajstić information content (AvgIpc) is 3.06. The van der Waals surface area contributed by atoms with E-state index in [-0.39, 0.29) is 40.5 Å². The van der Waals surface area contributed by atoms with Crippen LogP contribution in [0.2, 0.25) is 0 Å². The van der Waals surface area contributed by atoms with Crippen molar-refractivity contribution in [3.05, 3.63) is 23.8 Å². The van der Waals surface area contributed by atoms with E-state index in [1.165, 1.54) is 5.57 Å². The molecule has 0 unspecified atom stereocenters. The highest BCUT2D eigenvalue weighted by Crippen LogP contribution is 2.66. The molecule has 0 N–H and O–H groups in total. The number of ketones is 2. The normalized spacial score (nSPS) is 41.9. The molecule has 3 saturated carbocycles. The maximum Gasteiger partial charge on any atom is 0.267 e. The largest absolute Gasteiger partial charge is 0.300 e. The van der Waals surface area contributed by atoms with E-state index in [1.54, 1.807) is 19.1 Å². The van der Waals surface area contributed by atoms with Crippen molar-refractivity contribution in [2.45, 2.75) is 78.7 Å². The number of unbranched alkanes of at least 4 members (excludes halogenated alkanes) is 1. The zero-order valence-electron chi connectivity index (χ0n) is 19.2. The van der Waals surface area contributed by atoms with Gasteiger partial charge in [0.15, 0.2) is 5.78 Å². The Morgan fingerprint density at radius 3 is 2.61 bits per heavy atom. The Bertz CT molecular complexity index is 932. The SMILES string of the molecule is CCCCS(=O)(=O)O[C@H]1C[C@H]2[C@@H](CCC3=CC(=O)C=C[C@@]32C)[C@@H]2CC[C@H](C(C)=O)[C@@]12C. The highest BCUT2D eigenvalue weighted by atomic mass is 32.2. The molecule has 4 rings (SSSR count). The van der Waals surface area contributed by atoms with Crippen LogP contribution in [-0.2, 0) is 23.9 Å². The van der Waals surface area contributed by atoms with E-state index in [1.807, 2.05) is 13.0 Å². The predicted octanol–water partition coefficient (Wildman–Crippen LogP) is 4.62. The molecule has 0 aromatic rings. The summed E-state index contributed by atoms with van der Waals surface area (Å²) < 4.78 is 31.7. The van der Waals surface area contributed by atoms with E-state index >= 15 is 0 Å². The van der Waals surface area contributed by atoms with Crippen molar-refractivity contribution in [1.29, 1.82) is 0 Å². The van der Waals surface area contributed by atoms with Gasteiger partial charge in [-0.1, -0.05) is 38.8 Å². The Labute approximate surface area is 186 Å². The maximum atomic E-state index is 12.9. The summed E-state index contributed by atoms with van der Waals surface area (Å²) in [4.78, 5) is 24.6. The third kappa shape index (κ3) is 3.68. The Morgan fingerprint density at radius 2 is 1.94 bits per heavy atom. The zero-order chi connectivity index (χ0) is 22.6. The number of rotatable bonds is 6. The van der Waals surface area contributed by atoms with Gasteiger partial charge in [-0.25, -0.2) is 0 Å². The lowest BCUT2D eigenvalue weighted by atomic mass is 9.47. The highest BCUT2D eigenvalue weighted by molar-refractivity contribution is 7.86. The first kappa shape index (κ1) is 22.9. The van der Waals surface area contributed by atoms with Gasteiger partial charge in [0.2, 0.25) is 0 Å². The summed E-state index contributed by atoms with van der Waals surface area (Å²) >= 11 is 0. The summed E-state index contributed by atoms with van der Waals surface area (Å²) in [7, 11) is -3.66. The molecule has 7 atom stereocenters. The molecule has 0 spiro atoms. The van der Waals surface area contributed by atoms with Crippen LogP contribution in [-0.4, -0.2) is 31.8 Å².